The van der Waals surface area contributed by atoms with Gasteiger partial charge in [-0.1, -0.05) is 0 Å². The zero-order valence-corrected chi connectivity index (χ0v) is 8.39. The highest BCUT2D eigenvalue weighted by Gasteiger charge is 2.10. The average Bonchev–Trinajstić information content (AvgIpc) is 2.47. The van der Waals surface area contributed by atoms with Gasteiger partial charge >= 0.3 is 0 Å². The molecule has 0 saturated heterocycles. The maximum Gasteiger partial charge on any atom is 0.203 e. The molecular weight excluding hydrogens is 166 g/mol. The number of quaternary nitrogens is 1. The summed E-state index contributed by atoms with van der Waals surface area (Å²) in [6.07, 6.45) is 0.551. The van der Waals surface area contributed by atoms with E-state index in [0.717, 1.165) is 12.3 Å². The molecule has 1 aromatic rings. The molecule has 3 heteroatoms. The number of aryl methyl sites for hydroxylation is 1. The van der Waals surface area contributed by atoms with E-state index in [-0.39, 0.29) is 5.78 Å². The molecule has 0 aliphatic rings. The number of nitrogens with one attached hydrogen (secondary N) is 1. The van der Waals surface area contributed by atoms with Crippen LogP contribution in [0.1, 0.15) is 22.7 Å². The van der Waals surface area contributed by atoms with Crippen molar-refractivity contribution < 1.29 is 14.1 Å². The molecule has 3 nitrogen and oxygen atoms in total. The van der Waals surface area contributed by atoms with E-state index in [1.165, 1.54) is 4.90 Å². The molecule has 0 bridgehead atoms. The van der Waals surface area contributed by atoms with Crippen molar-refractivity contribution in [2.45, 2.75) is 13.3 Å². The van der Waals surface area contributed by atoms with Crippen LogP contribution in [0, 0.1) is 6.92 Å². The van der Waals surface area contributed by atoms with Crippen molar-refractivity contribution >= 4 is 5.78 Å². The van der Waals surface area contributed by atoms with Gasteiger partial charge in [-0.25, -0.2) is 0 Å². The fourth-order valence-corrected chi connectivity index (χ4v) is 1.07. The monoisotopic (exact) mass is 182 g/mol. The molecular formula is C10H16NO2+. The van der Waals surface area contributed by atoms with Crippen LogP contribution in [0.2, 0.25) is 0 Å². The number of Topliss-reactive ketones (excluding diaryl/α,β-unsaturated/α-hetero) is 1. The van der Waals surface area contributed by atoms with Crippen LogP contribution in [0.15, 0.2) is 16.5 Å². The zero-order chi connectivity index (χ0) is 9.84. The fourth-order valence-electron chi connectivity index (χ4n) is 1.07. The SMILES string of the molecule is Cc1ccc(C(=O)CC[NH+](C)C)o1. The molecule has 0 unspecified atom stereocenters. The Kier molecular flexibility index (Phi) is 3.25. The molecule has 1 aromatic heterocycles. The first-order valence-corrected chi connectivity index (χ1v) is 4.48. The molecule has 13 heavy (non-hydrogen) atoms. The average molecular weight is 182 g/mol. The number of carbonyl (C=O) groups is 1. The summed E-state index contributed by atoms with van der Waals surface area (Å²) >= 11 is 0. The van der Waals surface area contributed by atoms with Crippen molar-refractivity contribution in [1.29, 1.82) is 0 Å². The summed E-state index contributed by atoms with van der Waals surface area (Å²) in [5, 5.41) is 0. The Labute approximate surface area is 78.3 Å². The highest BCUT2D eigenvalue weighted by atomic mass is 16.3. The van der Waals surface area contributed by atoms with Gasteiger partial charge < -0.3 is 9.32 Å². The number of rotatable bonds is 4. The second-order valence-electron chi connectivity index (χ2n) is 3.54. The first-order valence-electron chi connectivity index (χ1n) is 4.48. The molecule has 1 heterocycles. The molecule has 0 amide bonds. The van der Waals surface area contributed by atoms with Gasteiger partial charge in [-0.05, 0) is 19.1 Å². The smallest absolute Gasteiger partial charge is 0.203 e. The Balaban J connectivity index is 2.49. The minimum atomic E-state index is 0.0919. The van der Waals surface area contributed by atoms with E-state index in [2.05, 4.69) is 0 Å². The molecule has 0 spiro atoms. The van der Waals surface area contributed by atoms with Gasteiger partial charge in [-0.2, -0.15) is 0 Å². The third-order valence-corrected chi connectivity index (χ3v) is 1.87. The Morgan fingerprint density at radius 2 is 2.15 bits per heavy atom. The Morgan fingerprint density at radius 3 is 2.62 bits per heavy atom. The number of hydrogen-bond acceptors (Lipinski definition) is 2. The van der Waals surface area contributed by atoms with Crippen LogP contribution in [0.5, 0.6) is 0 Å². The molecule has 0 fully saturated rings. The molecule has 1 rings (SSSR count). The van der Waals surface area contributed by atoms with Gasteiger partial charge in [0.2, 0.25) is 5.78 Å². The van der Waals surface area contributed by atoms with E-state index in [4.69, 9.17) is 4.42 Å². The standard InChI is InChI=1S/C10H15NO2/c1-8-4-5-10(13-8)9(12)6-7-11(2)3/h4-5H,6-7H2,1-3H3/p+1. The largest absolute Gasteiger partial charge is 0.458 e. The van der Waals surface area contributed by atoms with Gasteiger partial charge in [0, 0.05) is 0 Å². The summed E-state index contributed by atoms with van der Waals surface area (Å²) in [4.78, 5) is 12.7. The van der Waals surface area contributed by atoms with Gasteiger partial charge in [-0.3, -0.25) is 4.79 Å². The summed E-state index contributed by atoms with van der Waals surface area (Å²) in [6.45, 7) is 2.69. The minimum absolute atomic E-state index is 0.0919. The van der Waals surface area contributed by atoms with Crippen molar-refractivity contribution in [2.24, 2.45) is 0 Å². The normalized spacial score (nSPS) is 10.8. The molecule has 0 saturated carbocycles. The first kappa shape index (κ1) is 9.99. The molecule has 0 aromatic carbocycles. The fraction of sp³-hybridized carbons (Fsp3) is 0.500. The van der Waals surface area contributed by atoms with Crippen LogP contribution in [0.3, 0.4) is 0 Å². The maximum absolute atomic E-state index is 11.5. The van der Waals surface area contributed by atoms with E-state index in [1.807, 2.05) is 27.1 Å². The summed E-state index contributed by atoms with van der Waals surface area (Å²) in [6, 6.07) is 3.55. The summed E-state index contributed by atoms with van der Waals surface area (Å²) in [5.41, 5.74) is 0. The first-order chi connectivity index (χ1) is 6.09. The summed E-state index contributed by atoms with van der Waals surface area (Å²) in [5.74, 6) is 1.37. The van der Waals surface area contributed by atoms with E-state index in [0.29, 0.717) is 12.2 Å². The predicted molar refractivity (Wildman–Crippen MR) is 50.1 cm³/mol. The topological polar surface area (TPSA) is 34.7 Å². The van der Waals surface area contributed by atoms with Crippen LogP contribution in [-0.2, 0) is 0 Å². The molecule has 0 radical (unpaired) electrons. The summed E-state index contributed by atoms with van der Waals surface area (Å²) in [7, 11) is 4.06. The Morgan fingerprint density at radius 1 is 1.46 bits per heavy atom. The lowest BCUT2D eigenvalue weighted by atomic mass is 10.2. The molecule has 0 aliphatic heterocycles. The van der Waals surface area contributed by atoms with Crippen LogP contribution in [0.4, 0.5) is 0 Å². The summed E-state index contributed by atoms with van der Waals surface area (Å²) < 4.78 is 5.22. The lowest BCUT2D eigenvalue weighted by Crippen LogP contribution is -3.05. The van der Waals surface area contributed by atoms with Crippen molar-refractivity contribution in [3.63, 3.8) is 0 Å². The third-order valence-electron chi connectivity index (χ3n) is 1.87. The second kappa shape index (κ2) is 4.23. The molecule has 0 aliphatic carbocycles. The number of carbonyl (C=O) groups excluding carboxylic acids is 1. The lowest BCUT2D eigenvalue weighted by molar-refractivity contribution is -0.857. The molecule has 1 N–H and O–H groups in total. The lowest BCUT2D eigenvalue weighted by Gasteiger charge is -2.04. The Hall–Kier alpha value is -1.09. The zero-order valence-electron chi connectivity index (χ0n) is 8.39. The Bertz CT molecular complexity index is 289. The molecule has 0 atom stereocenters. The van der Waals surface area contributed by atoms with Gasteiger partial charge in [0.05, 0.1) is 27.1 Å². The predicted octanol–water partition coefficient (Wildman–Crippen LogP) is 0.305. The van der Waals surface area contributed by atoms with Crippen molar-refractivity contribution in [1.82, 2.24) is 0 Å². The van der Waals surface area contributed by atoms with E-state index >= 15 is 0 Å². The maximum atomic E-state index is 11.5. The second-order valence-corrected chi connectivity index (χ2v) is 3.54. The van der Waals surface area contributed by atoms with Gasteiger partial charge in [-0.15, -0.1) is 0 Å². The van der Waals surface area contributed by atoms with Crippen LogP contribution >= 0.6 is 0 Å². The van der Waals surface area contributed by atoms with Crippen LogP contribution in [0.25, 0.3) is 0 Å². The highest BCUT2D eigenvalue weighted by Crippen LogP contribution is 2.07. The van der Waals surface area contributed by atoms with E-state index < -0.39 is 0 Å². The van der Waals surface area contributed by atoms with Crippen LogP contribution < -0.4 is 4.90 Å². The highest BCUT2D eigenvalue weighted by molar-refractivity contribution is 5.93. The molecule has 72 valence electrons. The van der Waals surface area contributed by atoms with Crippen molar-refractivity contribution in [2.75, 3.05) is 20.6 Å². The number of ketones is 1. The third kappa shape index (κ3) is 3.03. The van der Waals surface area contributed by atoms with Gasteiger partial charge in [0.15, 0.2) is 5.76 Å². The quantitative estimate of drug-likeness (QED) is 0.680. The van der Waals surface area contributed by atoms with Gasteiger partial charge in [0.1, 0.15) is 5.76 Å². The van der Waals surface area contributed by atoms with E-state index in [1.54, 1.807) is 6.07 Å². The number of furan rings is 1. The number of hydrogen-bond donors (Lipinski definition) is 1. The van der Waals surface area contributed by atoms with Crippen LogP contribution in [-0.4, -0.2) is 26.4 Å². The van der Waals surface area contributed by atoms with E-state index in [9.17, 15) is 4.79 Å². The van der Waals surface area contributed by atoms with Gasteiger partial charge in [0.25, 0.3) is 0 Å². The van der Waals surface area contributed by atoms with Crippen molar-refractivity contribution in [3.05, 3.63) is 23.7 Å². The van der Waals surface area contributed by atoms with Crippen molar-refractivity contribution in [3.8, 4) is 0 Å². The minimum Gasteiger partial charge on any atom is -0.458 e.